The Labute approximate surface area is 117 Å². The fourth-order valence-corrected chi connectivity index (χ4v) is 1.92. The molecule has 0 radical (unpaired) electrons. The molecule has 0 bridgehead atoms. The number of aliphatic imine (C=N–C) groups is 1. The Kier molecular flexibility index (Phi) is 4.70. The third-order valence-electron chi connectivity index (χ3n) is 3.05. The number of amides is 1. The number of benzene rings is 1. The normalized spacial score (nSPS) is 17.6. The van der Waals surface area contributed by atoms with Crippen molar-refractivity contribution in [3.63, 3.8) is 0 Å². The van der Waals surface area contributed by atoms with Gasteiger partial charge in [-0.25, -0.2) is 5.43 Å². The summed E-state index contributed by atoms with van der Waals surface area (Å²) in [7, 11) is 1.50. The lowest BCUT2D eigenvalue weighted by Gasteiger charge is -2.05. The number of nitrogens with zero attached hydrogens (tertiary/aromatic N) is 2. The van der Waals surface area contributed by atoms with E-state index in [0.717, 1.165) is 12.8 Å². The number of nitrogens with one attached hydrogen (secondary N) is 1. The highest BCUT2D eigenvalue weighted by Gasteiger charge is 2.19. The van der Waals surface area contributed by atoms with Crippen LogP contribution >= 0.6 is 0 Å². The summed E-state index contributed by atoms with van der Waals surface area (Å²) in [6.07, 6.45) is 4.74. The van der Waals surface area contributed by atoms with Crippen molar-refractivity contribution >= 4 is 18.3 Å². The van der Waals surface area contributed by atoms with Gasteiger partial charge in [-0.3, -0.25) is 9.79 Å². The molecule has 2 N–H and O–H groups in total. The zero-order valence-electron chi connectivity index (χ0n) is 11.2. The molecule has 0 aliphatic carbocycles. The lowest BCUT2D eigenvalue weighted by atomic mass is 10.1. The number of aromatic hydroxyl groups is 1. The second-order valence-electron chi connectivity index (χ2n) is 4.44. The monoisotopic (exact) mass is 275 g/mol. The average Bonchev–Trinajstić information content (AvgIpc) is 2.86. The van der Waals surface area contributed by atoms with Gasteiger partial charge in [0.2, 0.25) is 5.91 Å². The van der Waals surface area contributed by atoms with Crippen LogP contribution in [-0.4, -0.2) is 37.1 Å². The van der Waals surface area contributed by atoms with Gasteiger partial charge in [-0.15, -0.1) is 0 Å². The average molecular weight is 275 g/mol. The number of phenols is 1. The van der Waals surface area contributed by atoms with E-state index in [-0.39, 0.29) is 17.6 Å². The summed E-state index contributed by atoms with van der Waals surface area (Å²) in [5, 5.41) is 13.6. The smallest absolute Gasteiger partial charge is 0.248 e. The maximum absolute atomic E-state index is 11.3. The maximum atomic E-state index is 11.3. The first-order valence-electron chi connectivity index (χ1n) is 6.41. The number of methoxy groups -OCH3 is 1. The number of hydrazone groups is 1. The molecule has 0 aromatic heterocycles. The van der Waals surface area contributed by atoms with Crippen molar-refractivity contribution in [3.05, 3.63) is 23.8 Å². The molecule has 20 heavy (non-hydrogen) atoms. The summed E-state index contributed by atoms with van der Waals surface area (Å²) in [6.45, 7) is 0.592. The zero-order chi connectivity index (χ0) is 14.4. The van der Waals surface area contributed by atoms with Gasteiger partial charge in [0.25, 0.3) is 0 Å². The van der Waals surface area contributed by atoms with Gasteiger partial charge < -0.3 is 9.84 Å². The first-order chi connectivity index (χ1) is 9.72. The van der Waals surface area contributed by atoms with Gasteiger partial charge in [-0.2, -0.15) is 5.10 Å². The summed E-state index contributed by atoms with van der Waals surface area (Å²) >= 11 is 0. The second-order valence-corrected chi connectivity index (χ2v) is 4.44. The highest BCUT2D eigenvalue weighted by Crippen LogP contribution is 2.27. The summed E-state index contributed by atoms with van der Waals surface area (Å²) in [5.41, 5.74) is 3.02. The standard InChI is InChI=1S/C14H17N3O3/c1-20-12-6-2-4-10(13(12)18)8-15-7-3-5-11-9-16-17-14(11)19/h2,4,6,8-9,11,18H,3,5,7H2,1H3,(H,17,19). The predicted octanol–water partition coefficient (Wildman–Crippen LogP) is 1.33. The first kappa shape index (κ1) is 14.0. The van der Waals surface area contributed by atoms with Crippen LogP contribution in [0.3, 0.4) is 0 Å². The van der Waals surface area contributed by atoms with E-state index in [9.17, 15) is 9.90 Å². The largest absolute Gasteiger partial charge is 0.504 e. The molecule has 1 aliphatic heterocycles. The van der Waals surface area contributed by atoms with E-state index in [1.165, 1.54) is 7.11 Å². The van der Waals surface area contributed by atoms with E-state index in [4.69, 9.17) is 4.74 Å². The first-order valence-corrected chi connectivity index (χ1v) is 6.41. The number of phenolic OH excluding ortho intramolecular Hbond substituents is 1. The number of hydrogen-bond donors (Lipinski definition) is 2. The van der Waals surface area contributed by atoms with Gasteiger partial charge in [-0.05, 0) is 25.0 Å². The third-order valence-corrected chi connectivity index (χ3v) is 3.05. The van der Waals surface area contributed by atoms with Crippen LogP contribution in [0.4, 0.5) is 0 Å². The molecule has 0 saturated heterocycles. The molecule has 1 amide bonds. The van der Waals surface area contributed by atoms with Crippen LogP contribution in [0.2, 0.25) is 0 Å². The van der Waals surface area contributed by atoms with Crippen molar-refractivity contribution in [1.82, 2.24) is 5.43 Å². The lowest BCUT2D eigenvalue weighted by molar-refractivity contribution is -0.122. The minimum Gasteiger partial charge on any atom is -0.504 e. The lowest BCUT2D eigenvalue weighted by Crippen LogP contribution is -2.19. The van der Waals surface area contributed by atoms with Crippen LogP contribution in [0.25, 0.3) is 0 Å². The second kappa shape index (κ2) is 6.70. The fraction of sp³-hybridized carbons (Fsp3) is 0.357. The van der Waals surface area contributed by atoms with Crippen molar-refractivity contribution in [2.24, 2.45) is 16.0 Å². The minimum atomic E-state index is -0.143. The molecule has 6 heteroatoms. The van der Waals surface area contributed by atoms with Crippen molar-refractivity contribution in [2.75, 3.05) is 13.7 Å². The van der Waals surface area contributed by atoms with Crippen LogP contribution < -0.4 is 10.2 Å². The Morgan fingerprint density at radius 1 is 1.55 bits per heavy atom. The van der Waals surface area contributed by atoms with E-state index >= 15 is 0 Å². The zero-order valence-corrected chi connectivity index (χ0v) is 11.2. The van der Waals surface area contributed by atoms with E-state index in [2.05, 4.69) is 15.5 Å². The maximum Gasteiger partial charge on any atom is 0.248 e. The SMILES string of the molecule is COc1cccc(C=NCCCC2C=NNC2=O)c1O. The Balaban J connectivity index is 1.82. The van der Waals surface area contributed by atoms with Gasteiger partial charge >= 0.3 is 0 Å². The summed E-state index contributed by atoms with van der Waals surface area (Å²) < 4.78 is 5.02. The van der Waals surface area contributed by atoms with Crippen molar-refractivity contribution in [3.8, 4) is 11.5 Å². The van der Waals surface area contributed by atoms with Crippen LogP contribution in [0, 0.1) is 5.92 Å². The van der Waals surface area contributed by atoms with Gasteiger partial charge in [0.1, 0.15) is 0 Å². The molecule has 6 nitrogen and oxygen atoms in total. The molecule has 1 aromatic carbocycles. The van der Waals surface area contributed by atoms with Crippen molar-refractivity contribution in [1.29, 1.82) is 0 Å². The predicted molar refractivity (Wildman–Crippen MR) is 76.5 cm³/mol. The highest BCUT2D eigenvalue weighted by molar-refractivity contribution is 5.97. The molecule has 0 fully saturated rings. The number of carbonyl (C=O) groups excluding carboxylic acids is 1. The molecule has 2 rings (SSSR count). The molecule has 1 aliphatic rings. The summed E-state index contributed by atoms with van der Waals surface area (Å²) in [5.74, 6) is 0.309. The number of rotatable bonds is 6. The summed E-state index contributed by atoms with van der Waals surface area (Å²) in [4.78, 5) is 15.5. The summed E-state index contributed by atoms with van der Waals surface area (Å²) in [6, 6.07) is 5.24. The van der Waals surface area contributed by atoms with Crippen LogP contribution in [0.5, 0.6) is 11.5 Å². The molecular formula is C14H17N3O3. The third kappa shape index (κ3) is 3.34. The minimum absolute atomic E-state index is 0.0561. The quantitative estimate of drug-likeness (QED) is 0.607. The Hall–Kier alpha value is -2.37. The van der Waals surface area contributed by atoms with Gasteiger partial charge in [0.05, 0.1) is 13.0 Å². The van der Waals surface area contributed by atoms with E-state index < -0.39 is 0 Å². The number of para-hydroxylation sites is 1. The molecule has 1 atom stereocenters. The van der Waals surface area contributed by atoms with E-state index in [1.54, 1.807) is 30.6 Å². The van der Waals surface area contributed by atoms with Gasteiger partial charge in [0.15, 0.2) is 11.5 Å². The number of ether oxygens (including phenoxy) is 1. The molecular weight excluding hydrogens is 258 g/mol. The topological polar surface area (TPSA) is 83.3 Å². The Morgan fingerprint density at radius 2 is 2.40 bits per heavy atom. The van der Waals surface area contributed by atoms with Gasteiger partial charge in [0, 0.05) is 24.5 Å². The van der Waals surface area contributed by atoms with E-state index in [0.29, 0.717) is 17.9 Å². The molecule has 106 valence electrons. The number of carbonyl (C=O) groups is 1. The van der Waals surface area contributed by atoms with Crippen molar-refractivity contribution < 1.29 is 14.6 Å². The molecule has 1 aromatic rings. The molecule has 1 unspecified atom stereocenters. The van der Waals surface area contributed by atoms with Crippen LogP contribution in [0.1, 0.15) is 18.4 Å². The highest BCUT2D eigenvalue weighted by atomic mass is 16.5. The molecule has 1 heterocycles. The van der Waals surface area contributed by atoms with Crippen molar-refractivity contribution in [2.45, 2.75) is 12.8 Å². The van der Waals surface area contributed by atoms with Crippen LogP contribution in [-0.2, 0) is 4.79 Å². The number of hydrogen-bond acceptors (Lipinski definition) is 5. The van der Waals surface area contributed by atoms with E-state index in [1.807, 2.05) is 0 Å². The fourth-order valence-electron chi connectivity index (χ4n) is 1.92. The molecule has 0 spiro atoms. The molecule has 0 saturated carbocycles. The van der Waals surface area contributed by atoms with Crippen LogP contribution in [0.15, 0.2) is 28.3 Å². The van der Waals surface area contributed by atoms with Gasteiger partial charge in [-0.1, -0.05) is 6.07 Å². The Morgan fingerprint density at radius 3 is 3.10 bits per heavy atom. The Bertz CT molecular complexity index is 540.